The molecule has 1 aromatic heterocycles. The second kappa shape index (κ2) is 8.05. The molecule has 9 heteroatoms. The average Bonchev–Trinajstić information content (AvgIpc) is 2.77. The first-order valence-electron chi connectivity index (χ1n) is 6.55. The Hall–Kier alpha value is -1.22. The summed E-state index contributed by atoms with van der Waals surface area (Å²) in [5.74, 6) is 0. The third-order valence-corrected chi connectivity index (χ3v) is 4.23. The van der Waals surface area contributed by atoms with E-state index in [0.29, 0.717) is 5.03 Å². The number of alkyl halides is 3. The second-order valence-corrected chi connectivity index (χ2v) is 5.88. The number of hydrogen-bond acceptors (Lipinski definition) is 4. The number of benzene rings is 1. The molecule has 4 nitrogen and oxygen atoms in total. The molecule has 23 heavy (non-hydrogen) atoms. The zero-order valence-electron chi connectivity index (χ0n) is 12.2. The topological polar surface area (TPSA) is 64.1 Å². The lowest BCUT2D eigenvalue weighted by atomic mass is 10.1. The van der Waals surface area contributed by atoms with E-state index in [-0.39, 0.29) is 31.0 Å². The summed E-state index contributed by atoms with van der Waals surface area (Å²) >= 11 is 1.19. The molecule has 1 atom stereocenters. The normalized spacial score (nSPS) is 12.8. The number of halogens is 4. The van der Waals surface area contributed by atoms with Crippen LogP contribution < -0.4 is 5.73 Å². The van der Waals surface area contributed by atoms with Crippen molar-refractivity contribution in [1.29, 1.82) is 0 Å². The molecule has 2 aromatic rings. The molecule has 0 fully saturated rings. The van der Waals surface area contributed by atoms with Gasteiger partial charge in [-0.05, 0) is 18.6 Å². The highest BCUT2D eigenvalue weighted by molar-refractivity contribution is 7.99. The van der Waals surface area contributed by atoms with Gasteiger partial charge < -0.3 is 10.8 Å². The van der Waals surface area contributed by atoms with Crippen LogP contribution in [-0.2, 0) is 19.6 Å². The van der Waals surface area contributed by atoms with E-state index >= 15 is 0 Å². The van der Waals surface area contributed by atoms with Gasteiger partial charge in [-0.1, -0.05) is 30.0 Å². The van der Waals surface area contributed by atoms with Crippen LogP contribution >= 0.6 is 24.2 Å². The molecule has 0 bridgehead atoms. The number of nitrogens with zero attached hydrogens (tertiary/aromatic N) is 2. The number of aliphatic hydroxyl groups is 1. The van der Waals surface area contributed by atoms with Crippen molar-refractivity contribution in [2.24, 2.45) is 12.8 Å². The molecule has 1 heterocycles. The van der Waals surface area contributed by atoms with Crippen molar-refractivity contribution in [2.75, 3.05) is 6.61 Å². The number of nitrogens with two attached hydrogens (primary N) is 1. The molecule has 0 aliphatic heterocycles. The molecular weight excluding hydrogens is 351 g/mol. The van der Waals surface area contributed by atoms with E-state index in [9.17, 15) is 13.2 Å². The van der Waals surface area contributed by atoms with Crippen LogP contribution in [0.5, 0.6) is 0 Å². The fraction of sp³-hybridized carbons (Fsp3) is 0.357. The van der Waals surface area contributed by atoms with Gasteiger partial charge in [-0.25, -0.2) is 0 Å². The van der Waals surface area contributed by atoms with Crippen molar-refractivity contribution in [3.63, 3.8) is 0 Å². The van der Waals surface area contributed by atoms with Crippen LogP contribution in [0.3, 0.4) is 0 Å². The summed E-state index contributed by atoms with van der Waals surface area (Å²) in [4.78, 5) is 0.804. The van der Waals surface area contributed by atoms with Crippen LogP contribution in [0.4, 0.5) is 13.2 Å². The fourth-order valence-electron chi connectivity index (χ4n) is 2.02. The van der Waals surface area contributed by atoms with E-state index in [0.717, 1.165) is 4.90 Å². The van der Waals surface area contributed by atoms with Gasteiger partial charge in [0.1, 0.15) is 5.03 Å². The van der Waals surface area contributed by atoms with E-state index in [2.05, 4.69) is 5.10 Å². The standard InChI is InChI=1S/C14H16F3N3OS.ClH/c1-20-13(22-10-5-3-2-4-6-10)11(7-9(18)8-21)12(19-20)14(15,16)17;/h2-6,9,21H,7-8,18H2,1H3;1H. The van der Waals surface area contributed by atoms with Gasteiger partial charge in [0, 0.05) is 23.5 Å². The average molecular weight is 368 g/mol. The quantitative estimate of drug-likeness (QED) is 0.853. The number of aromatic nitrogens is 2. The van der Waals surface area contributed by atoms with Gasteiger partial charge in [-0.2, -0.15) is 18.3 Å². The van der Waals surface area contributed by atoms with E-state index in [4.69, 9.17) is 10.8 Å². The molecular formula is C14H17ClF3N3OS. The van der Waals surface area contributed by atoms with Crippen molar-refractivity contribution in [3.05, 3.63) is 41.6 Å². The molecule has 0 saturated carbocycles. The third kappa shape index (κ3) is 4.87. The van der Waals surface area contributed by atoms with E-state index in [1.165, 1.54) is 23.5 Å². The van der Waals surface area contributed by atoms with Gasteiger partial charge in [-0.3, -0.25) is 4.68 Å². The fourth-order valence-corrected chi connectivity index (χ4v) is 3.01. The zero-order valence-corrected chi connectivity index (χ0v) is 13.9. The van der Waals surface area contributed by atoms with Crippen molar-refractivity contribution in [3.8, 4) is 0 Å². The summed E-state index contributed by atoms with van der Waals surface area (Å²) in [5, 5.41) is 13.0. The van der Waals surface area contributed by atoms with Crippen molar-refractivity contribution in [1.82, 2.24) is 9.78 Å². The Kier molecular flexibility index (Phi) is 6.94. The summed E-state index contributed by atoms with van der Waals surface area (Å²) in [6.07, 6.45) is -4.65. The largest absolute Gasteiger partial charge is 0.435 e. The minimum Gasteiger partial charge on any atom is -0.395 e. The molecule has 0 amide bonds. The Bertz CT molecular complexity index is 634. The highest BCUT2D eigenvalue weighted by Crippen LogP contribution is 2.38. The molecule has 1 aromatic carbocycles. The lowest BCUT2D eigenvalue weighted by molar-refractivity contribution is -0.142. The number of hydrogen-bond donors (Lipinski definition) is 2. The number of aliphatic hydroxyl groups excluding tert-OH is 1. The van der Waals surface area contributed by atoms with Crippen molar-refractivity contribution in [2.45, 2.75) is 28.6 Å². The van der Waals surface area contributed by atoms with Crippen LogP contribution in [-0.4, -0.2) is 27.5 Å². The van der Waals surface area contributed by atoms with Gasteiger partial charge in [0.15, 0.2) is 5.69 Å². The van der Waals surface area contributed by atoms with Gasteiger partial charge in [0.2, 0.25) is 0 Å². The van der Waals surface area contributed by atoms with E-state index < -0.39 is 17.9 Å². The smallest absolute Gasteiger partial charge is 0.395 e. The molecule has 3 N–H and O–H groups in total. The molecule has 0 aliphatic carbocycles. The first kappa shape index (κ1) is 19.8. The third-order valence-electron chi connectivity index (χ3n) is 3.01. The second-order valence-electron chi connectivity index (χ2n) is 4.82. The lowest BCUT2D eigenvalue weighted by Gasteiger charge is -2.12. The summed E-state index contributed by atoms with van der Waals surface area (Å²) in [6.45, 7) is -0.387. The highest BCUT2D eigenvalue weighted by Gasteiger charge is 2.39. The summed E-state index contributed by atoms with van der Waals surface area (Å²) in [5.41, 5.74) is 4.70. The molecule has 0 radical (unpaired) electrons. The maximum Gasteiger partial charge on any atom is 0.435 e. The van der Waals surface area contributed by atoms with Gasteiger partial charge in [0.05, 0.1) is 6.61 Å². The predicted octanol–water partition coefficient (Wildman–Crippen LogP) is 2.87. The predicted molar refractivity (Wildman–Crippen MR) is 84.8 cm³/mol. The van der Waals surface area contributed by atoms with E-state index in [1.54, 1.807) is 12.1 Å². The highest BCUT2D eigenvalue weighted by atomic mass is 35.5. The minimum absolute atomic E-state index is 0. The molecule has 2 rings (SSSR count). The lowest BCUT2D eigenvalue weighted by Crippen LogP contribution is -2.28. The maximum absolute atomic E-state index is 13.1. The summed E-state index contributed by atoms with van der Waals surface area (Å²) in [6, 6.07) is 8.30. The van der Waals surface area contributed by atoms with Gasteiger partial charge in [-0.15, -0.1) is 12.4 Å². The number of rotatable bonds is 5. The molecule has 0 saturated heterocycles. The Morgan fingerprint density at radius 1 is 1.30 bits per heavy atom. The summed E-state index contributed by atoms with van der Waals surface area (Å²) < 4.78 is 40.6. The van der Waals surface area contributed by atoms with Crippen LogP contribution in [0.1, 0.15) is 11.3 Å². The summed E-state index contributed by atoms with van der Waals surface area (Å²) in [7, 11) is 1.47. The van der Waals surface area contributed by atoms with Gasteiger partial charge >= 0.3 is 6.18 Å². The monoisotopic (exact) mass is 367 g/mol. The first-order chi connectivity index (χ1) is 10.3. The Morgan fingerprint density at radius 2 is 1.91 bits per heavy atom. The SMILES string of the molecule is Cl.Cn1nc(C(F)(F)F)c(CC(N)CO)c1Sc1ccccc1. The van der Waals surface area contributed by atoms with Crippen LogP contribution in [0, 0.1) is 0 Å². The molecule has 0 aliphatic rings. The Morgan fingerprint density at radius 3 is 2.43 bits per heavy atom. The van der Waals surface area contributed by atoms with Crippen LogP contribution in [0.2, 0.25) is 0 Å². The van der Waals surface area contributed by atoms with E-state index in [1.807, 2.05) is 18.2 Å². The molecule has 128 valence electrons. The first-order valence-corrected chi connectivity index (χ1v) is 7.37. The maximum atomic E-state index is 13.1. The van der Waals surface area contributed by atoms with Crippen LogP contribution in [0.25, 0.3) is 0 Å². The Labute approximate surface area is 142 Å². The molecule has 1 unspecified atom stereocenters. The minimum atomic E-state index is -4.56. The van der Waals surface area contributed by atoms with Crippen molar-refractivity contribution < 1.29 is 18.3 Å². The van der Waals surface area contributed by atoms with Gasteiger partial charge in [0.25, 0.3) is 0 Å². The van der Waals surface area contributed by atoms with Crippen molar-refractivity contribution >= 4 is 24.2 Å². The van der Waals surface area contributed by atoms with Crippen LogP contribution in [0.15, 0.2) is 40.3 Å². The zero-order chi connectivity index (χ0) is 16.3. The Balaban J connectivity index is 0.00000264. The number of aryl methyl sites for hydroxylation is 1. The molecule has 0 spiro atoms.